The molecule has 0 unspecified atom stereocenters. The van der Waals surface area contributed by atoms with Gasteiger partial charge in [0.1, 0.15) is 5.75 Å². The van der Waals surface area contributed by atoms with E-state index >= 15 is 0 Å². The third kappa shape index (κ3) is 5.96. The second-order valence-electron chi connectivity index (χ2n) is 6.20. The molecule has 0 saturated carbocycles. The van der Waals surface area contributed by atoms with Crippen LogP contribution in [-0.2, 0) is 13.0 Å². The average molecular weight is 284 g/mol. The molecule has 0 aliphatic rings. The second-order valence-corrected chi connectivity index (χ2v) is 6.20. The minimum Gasteiger partial charge on any atom is -0.493 e. The van der Waals surface area contributed by atoms with Crippen LogP contribution in [0.4, 0.5) is 0 Å². The maximum Gasteiger partial charge on any atom is 0.119 e. The van der Waals surface area contributed by atoms with Crippen molar-refractivity contribution in [2.45, 2.75) is 39.3 Å². The van der Waals surface area contributed by atoms with Crippen LogP contribution in [0.2, 0.25) is 0 Å². The predicted octanol–water partition coefficient (Wildman–Crippen LogP) is 3.59. The highest BCUT2D eigenvalue weighted by molar-refractivity contribution is 5.28. The zero-order chi connectivity index (χ0) is 15.1. The summed E-state index contributed by atoms with van der Waals surface area (Å²) in [6.45, 7) is 8.04. The number of nitrogens with one attached hydrogen (secondary N) is 1. The highest BCUT2D eigenvalue weighted by Gasteiger charge is 2.08. The molecule has 1 aromatic heterocycles. The Morgan fingerprint density at radius 2 is 1.81 bits per heavy atom. The number of hydrogen-bond acceptors (Lipinski definition) is 3. The Bertz CT molecular complexity index is 547. The van der Waals surface area contributed by atoms with Crippen molar-refractivity contribution < 1.29 is 4.74 Å². The molecule has 1 heterocycles. The van der Waals surface area contributed by atoms with E-state index in [-0.39, 0.29) is 5.54 Å². The summed E-state index contributed by atoms with van der Waals surface area (Å²) in [4.78, 5) is 4.02. The van der Waals surface area contributed by atoms with E-state index in [9.17, 15) is 0 Å². The Labute approximate surface area is 127 Å². The molecule has 21 heavy (non-hydrogen) atoms. The van der Waals surface area contributed by atoms with E-state index in [1.54, 1.807) is 0 Å². The molecule has 0 fully saturated rings. The average Bonchev–Trinajstić information content (AvgIpc) is 2.46. The van der Waals surface area contributed by atoms with E-state index in [4.69, 9.17) is 4.74 Å². The molecule has 0 spiro atoms. The molecular weight excluding hydrogens is 260 g/mol. The van der Waals surface area contributed by atoms with Gasteiger partial charge in [-0.25, -0.2) is 0 Å². The Hall–Kier alpha value is -1.87. The smallest absolute Gasteiger partial charge is 0.119 e. The van der Waals surface area contributed by atoms with Gasteiger partial charge in [-0.2, -0.15) is 0 Å². The van der Waals surface area contributed by atoms with Gasteiger partial charge in [0, 0.05) is 30.9 Å². The predicted molar refractivity (Wildman–Crippen MR) is 86.5 cm³/mol. The van der Waals surface area contributed by atoms with Crippen LogP contribution in [0.3, 0.4) is 0 Å². The van der Waals surface area contributed by atoms with Crippen LogP contribution < -0.4 is 10.1 Å². The first kappa shape index (κ1) is 15.5. The molecule has 0 aliphatic heterocycles. The molecule has 2 aromatic rings. The summed E-state index contributed by atoms with van der Waals surface area (Å²) in [6.07, 6.45) is 4.52. The van der Waals surface area contributed by atoms with Crippen molar-refractivity contribution in [2.75, 3.05) is 6.61 Å². The molecule has 2 rings (SSSR count). The van der Waals surface area contributed by atoms with Gasteiger partial charge in [0.15, 0.2) is 0 Å². The van der Waals surface area contributed by atoms with Crippen molar-refractivity contribution in [2.24, 2.45) is 0 Å². The van der Waals surface area contributed by atoms with Gasteiger partial charge in [0.2, 0.25) is 0 Å². The number of benzene rings is 1. The summed E-state index contributed by atoms with van der Waals surface area (Å²) >= 11 is 0. The molecule has 112 valence electrons. The minimum atomic E-state index is 0.123. The number of hydrogen-bond donors (Lipinski definition) is 1. The molecule has 1 N–H and O–H groups in total. The highest BCUT2D eigenvalue weighted by Crippen LogP contribution is 2.14. The van der Waals surface area contributed by atoms with Crippen molar-refractivity contribution in [3.05, 3.63) is 59.9 Å². The number of ether oxygens (including phenoxy) is 1. The number of nitrogens with zero attached hydrogens (tertiary/aromatic N) is 1. The molecule has 0 saturated heterocycles. The first-order chi connectivity index (χ1) is 10.0. The first-order valence-electron chi connectivity index (χ1n) is 7.39. The van der Waals surface area contributed by atoms with Crippen molar-refractivity contribution >= 4 is 0 Å². The number of rotatable bonds is 6. The maximum absolute atomic E-state index is 5.83. The van der Waals surface area contributed by atoms with Gasteiger partial charge < -0.3 is 10.1 Å². The summed E-state index contributed by atoms with van der Waals surface area (Å²) in [5.74, 6) is 0.928. The van der Waals surface area contributed by atoms with Gasteiger partial charge in [0.05, 0.1) is 6.61 Å². The Balaban J connectivity index is 1.83. The SMILES string of the molecule is CC(C)(C)NCc1cccc(OCCc2ccncc2)c1. The standard InChI is InChI=1S/C18H24N2O/c1-18(2,3)20-14-16-5-4-6-17(13-16)21-12-9-15-7-10-19-11-8-15/h4-8,10-11,13,20H,9,12,14H2,1-3H3. The fraction of sp³-hybridized carbons (Fsp3) is 0.389. The molecule has 0 radical (unpaired) electrons. The lowest BCUT2D eigenvalue weighted by Crippen LogP contribution is -2.35. The Kier molecular flexibility index (Phi) is 5.34. The van der Waals surface area contributed by atoms with Crippen molar-refractivity contribution in [1.29, 1.82) is 0 Å². The van der Waals surface area contributed by atoms with Crippen molar-refractivity contribution in [1.82, 2.24) is 10.3 Å². The highest BCUT2D eigenvalue weighted by atomic mass is 16.5. The van der Waals surface area contributed by atoms with Crippen LogP contribution in [0.15, 0.2) is 48.8 Å². The van der Waals surface area contributed by atoms with Crippen LogP contribution in [0.1, 0.15) is 31.9 Å². The van der Waals surface area contributed by atoms with E-state index in [1.807, 2.05) is 36.7 Å². The van der Waals surface area contributed by atoms with Crippen LogP contribution >= 0.6 is 0 Å². The fourth-order valence-electron chi connectivity index (χ4n) is 1.95. The zero-order valence-electron chi connectivity index (χ0n) is 13.1. The third-order valence-corrected chi connectivity index (χ3v) is 3.13. The Morgan fingerprint density at radius 1 is 1.05 bits per heavy atom. The summed E-state index contributed by atoms with van der Waals surface area (Å²) in [7, 11) is 0. The lowest BCUT2D eigenvalue weighted by Gasteiger charge is -2.20. The van der Waals surface area contributed by atoms with Gasteiger partial charge in [0.25, 0.3) is 0 Å². The van der Waals surface area contributed by atoms with Crippen LogP contribution in [0.25, 0.3) is 0 Å². The lowest BCUT2D eigenvalue weighted by atomic mass is 10.1. The topological polar surface area (TPSA) is 34.1 Å². The van der Waals surface area contributed by atoms with Crippen molar-refractivity contribution in [3.63, 3.8) is 0 Å². The monoisotopic (exact) mass is 284 g/mol. The molecule has 0 bridgehead atoms. The summed E-state index contributed by atoms with van der Waals surface area (Å²) < 4.78 is 5.83. The molecule has 0 amide bonds. The van der Waals surface area contributed by atoms with Crippen molar-refractivity contribution in [3.8, 4) is 5.75 Å². The van der Waals surface area contributed by atoms with E-state index < -0.39 is 0 Å². The molecule has 3 nitrogen and oxygen atoms in total. The summed E-state index contributed by atoms with van der Waals surface area (Å²) in [5.41, 5.74) is 2.61. The molecule has 3 heteroatoms. The van der Waals surface area contributed by atoms with Gasteiger partial charge in [-0.3, -0.25) is 4.98 Å². The molecule has 0 aliphatic carbocycles. The second kappa shape index (κ2) is 7.23. The van der Waals surface area contributed by atoms with Crippen LogP contribution in [-0.4, -0.2) is 17.1 Å². The number of aromatic nitrogens is 1. The van der Waals surface area contributed by atoms with E-state index in [0.717, 1.165) is 18.7 Å². The van der Waals surface area contributed by atoms with E-state index in [2.05, 4.69) is 43.2 Å². The van der Waals surface area contributed by atoms with Crippen LogP contribution in [0, 0.1) is 0 Å². The van der Waals surface area contributed by atoms with Gasteiger partial charge in [-0.1, -0.05) is 12.1 Å². The van der Waals surface area contributed by atoms with Gasteiger partial charge in [-0.15, -0.1) is 0 Å². The van der Waals surface area contributed by atoms with Gasteiger partial charge in [-0.05, 0) is 56.2 Å². The van der Waals surface area contributed by atoms with E-state index in [1.165, 1.54) is 11.1 Å². The third-order valence-electron chi connectivity index (χ3n) is 3.13. The summed E-state index contributed by atoms with van der Waals surface area (Å²) in [5, 5.41) is 3.48. The van der Waals surface area contributed by atoms with E-state index in [0.29, 0.717) is 6.61 Å². The molecule has 0 atom stereocenters. The Morgan fingerprint density at radius 3 is 2.52 bits per heavy atom. The maximum atomic E-state index is 5.83. The first-order valence-corrected chi connectivity index (χ1v) is 7.39. The quantitative estimate of drug-likeness (QED) is 0.880. The molecular formula is C18H24N2O. The fourth-order valence-corrected chi connectivity index (χ4v) is 1.95. The molecule has 1 aromatic carbocycles. The summed E-state index contributed by atoms with van der Waals surface area (Å²) in [6, 6.07) is 12.3. The van der Waals surface area contributed by atoms with Crippen LogP contribution in [0.5, 0.6) is 5.75 Å². The zero-order valence-corrected chi connectivity index (χ0v) is 13.1. The normalized spacial score (nSPS) is 11.4. The number of pyridine rings is 1. The lowest BCUT2D eigenvalue weighted by molar-refractivity contribution is 0.321. The van der Waals surface area contributed by atoms with Gasteiger partial charge >= 0.3 is 0 Å². The largest absolute Gasteiger partial charge is 0.493 e. The minimum absolute atomic E-state index is 0.123.